The van der Waals surface area contributed by atoms with Crippen LogP contribution in [0.5, 0.6) is 0 Å². The molecule has 1 heterocycles. The lowest BCUT2D eigenvalue weighted by molar-refractivity contribution is 0.426. The molecule has 0 aliphatic rings. The van der Waals surface area contributed by atoms with Gasteiger partial charge in [0.15, 0.2) is 0 Å². The molecule has 0 saturated heterocycles. The van der Waals surface area contributed by atoms with E-state index in [1.165, 1.54) is 0 Å². The van der Waals surface area contributed by atoms with Gasteiger partial charge >= 0.3 is 7.12 Å². The Hall–Kier alpha value is -2.11. The molecule has 2 N–H and O–H groups in total. The highest BCUT2D eigenvalue weighted by molar-refractivity contribution is 6.58. The monoisotopic (exact) mass is 238 g/mol. The number of fused-ring (bicyclic) bond motifs is 1. The summed E-state index contributed by atoms with van der Waals surface area (Å²) in [6.45, 7) is 0. The van der Waals surface area contributed by atoms with Gasteiger partial charge in [0.2, 0.25) is 0 Å². The van der Waals surface area contributed by atoms with Gasteiger partial charge in [-0.15, -0.1) is 0 Å². The number of hydrogen-bond donors (Lipinski definition) is 2. The van der Waals surface area contributed by atoms with Gasteiger partial charge in [0.05, 0.1) is 11.0 Å². The van der Waals surface area contributed by atoms with Crippen molar-refractivity contribution >= 4 is 23.6 Å². The van der Waals surface area contributed by atoms with Crippen LogP contribution in [0, 0.1) is 0 Å². The molecule has 0 amide bonds. The normalized spacial score (nSPS) is 10.8. The highest BCUT2D eigenvalue weighted by Crippen LogP contribution is 2.16. The summed E-state index contributed by atoms with van der Waals surface area (Å²) in [4.78, 5) is 4.32. The summed E-state index contributed by atoms with van der Waals surface area (Å²) in [5, 5.41) is 18.1. The predicted octanol–water partition coefficient (Wildman–Crippen LogP) is 0.705. The van der Waals surface area contributed by atoms with E-state index in [-0.39, 0.29) is 0 Å². The maximum absolute atomic E-state index is 9.05. The van der Waals surface area contributed by atoms with Crippen molar-refractivity contribution in [1.82, 2.24) is 9.55 Å². The van der Waals surface area contributed by atoms with Crippen molar-refractivity contribution in [2.75, 3.05) is 0 Å². The topological polar surface area (TPSA) is 58.3 Å². The van der Waals surface area contributed by atoms with Gasteiger partial charge in [-0.25, -0.2) is 4.98 Å². The third-order valence-corrected chi connectivity index (χ3v) is 2.92. The Balaban J connectivity index is 2.09. The molecule has 0 radical (unpaired) electrons. The lowest BCUT2D eigenvalue weighted by Gasteiger charge is -2.05. The van der Waals surface area contributed by atoms with Gasteiger partial charge in [-0.1, -0.05) is 24.3 Å². The van der Waals surface area contributed by atoms with E-state index in [1.54, 1.807) is 18.5 Å². The molecule has 5 heteroatoms. The van der Waals surface area contributed by atoms with Gasteiger partial charge in [-0.3, -0.25) is 4.57 Å². The van der Waals surface area contributed by atoms with E-state index in [9.17, 15) is 0 Å². The molecule has 4 nitrogen and oxygen atoms in total. The zero-order valence-corrected chi connectivity index (χ0v) is 9.56. The van der Waals surface area contributed by atoms with Gasteiger partial charge in [-0.05, 0) is 29.7 Å². The minimum absolute atomic E-state index is 0.475. The molecule has 88 valence electrons. The third kappa shape index (κ3) is 1.79. The predicted molar refractivity (Wildman–Crippen MR) is 70.9 cm³/mol. The lowest BCUT2D eigenvalue weighted by atomic mass is 9.80. The van der Waals surface area contributed by atoms with Crippen LogP contribution < -0.4 is 5.46 Å². The van der Waals surface area contributed by atoms with E-state index in [0.717, 1.165) is 16.7 Å². The lowest BCUT2D eigenvalue weighted by Crippen LogP contribution is -2.29. The first-order valence-electron chi connectivity index (χ1n) is 5.64. The fraction of sp³-hybridized carbons (Fsp3) is 0. The molecule has 0 aliphatic carbocycles. The van der Waals surface area contributed by atoms with E-state index in [1.807, 2.05) is 41.0 Å². The van der Waals surface area contributed by atoms with Crippen LogP contribution in [0.3, 0.4) is 0 Å². The Morgan fingerprint density at radius 3 is 2.39 bits per heavy atom. The summed E-state index contributed by atoms with van der Waals surface area (Å²) in [7, 11) is -1.43. The van der Waals surface area contributed by atoms with Crippen molar-refractivity contribution < 1.29 is 10.0 Å². The molecular weight excluding hydrogens is 227 g/mol. The van der Waals surface area contributed by atoms with Crippen molar-refractivity contribution in [1.29, 1.82) is 0 Å². The minimum Gasteiger partial charge on any atom is -0.423 e. The van der Waals surface area contributed by atoms with E-state index in [0.29, 0.717) is 5.46 Å². The second kappa shape index (κ2) is 4.29. The highest BCUT2D eigenvalue weighted by atomic mass is 16.4. The first kappa shape index (κ1) is 11.0. The maximum Gasteiger partial charge on any atom is 0.488 e. The first-order valence-corrected chi connectivity index (χ1v) is 5.64. The number of aromatic nitrogens is 2. The summed E-state index contributed by atoms with van der Waals surface area (Å²) in [5.74, 6) is 0. The van der Waals surface area contributed by atoms with Crippen LogP contribution in [0.1, 0.15) is 0 Å². The molecule has 0 aliphatic heterocycles. The minimum atomic E-state index is -1.43. The number of benzene rings is 2. The molecule has 3 rings (SSSR count). The standard InChI is InChI=1S/C13H11BN2O2/c17-14(18)10-5-7-11(8-6-10)16-9-15-12-3-1-2-4-13(12)16/h1-9,17-18H. The zero-order chi connectivity index (χ0) is 12.5. The van der Waals surface area contributed by atoms with Crippen molar-refractivity contribution in [3.63, 3.8) is 0 Å². The van der Waals surface area contributed by atoms with Crippen LogP contribution >= 0.6 is 0 Å². The van der Waals surface area contributed by atoms with E-state index in [2.05, 4.69) is 4.98 Å². The maximum atomic E-state index is 9.05. The molecule has 0 spiro atoms. The molecule has 3 aromatic rings. The van der Waals surface area contributed by atoms with Gasteiger partial charge in [0.25, 0.3) is 0 Å². The highest BCUT2D eigenvalue weighted by Gasteiger charge is 2.10. The number of hydrogen-bond acceptors (Lipinski definition) is 3. The van der Waals surface area contributed by atoms with E-state index < -0.39 is 7.12 Å². The molecule has 0 bridgehead atoms. The van der Waals surface area contributed by atoms with Gasteiger partial charge < -0.3 is 10.0 Å². The number of rotatable bonds is 2. The summed E-state index contributed by atoms with van der Waals surface area (Å²) < 4.78 is 1.96. The third-order valence-electron chi connectivity index (χ3n) is 2.92. The average molecular weight is 238 g/mol. The Labute approximate surface area is 104 Å². The SMILES string of the molecule is OB(O)c1ccc(-n2cnc3ccccc32)cc1. The Morgan fingerprint density at radius 2 is 1.67 bits per heavy atom. The molecular formula is C13H11BN2O2. The van der Waals surface area contributed by atoms with Crippen molar-refractivity contribution in [2.24, 2.45) is 0 Å². The van der Waals surface area contributed by atoms with Gasteiger partial charge in [-0.2, -0.15) is 0 Å². The van der Waals surface area contributed by atoms with Crippen LogP contribution in [0.4, 0.5) is 0 Å². The van der Waals surface area contributed by atoms with Crippen LogP contribution in [0.25, 0.3) is 16.7 Å². The molecule has 18 heavy (non-hydrogen) atoms. The zero-order valence-electron chi connectivity index (χ0n) is 9.56. The van der Waals surface area contributed by atoms with Crippen molar-refractivity contribution in [3.05, 3.63) is 54.9 Å². The molecule has 2 aromatic carbocycles. The molecule has 1 aromatic heterocycles. The Kier molecular flexibility index (Phi) is 2.62. The van der Waals surface area contributed by atoms with E-state index >= 15 is 0 Å². The number of nitrogens with zero attached hydrogens (tertiary/aromatic N) is 2. The number of imidazole rings is 1. The van der Waals surface area contributed by atoms with Crippen LogP contribution in [-0.4, -0.2) is 26.7 Å². The fourth-order valence-electron chi connectivity index (χ4n) is 1.97. The smallest absolute Gasteiger partial charge is 0.423 e. The molecule has 0 fully saturated rings. The van der Waals surface area contributed by atoms with Crippen LogP contribution in [0.2, 0.25) is 0 Å². The summed E-state index contributed by atoms with van der Waals surface area (Å²) in [6, 6.07) is 14.9. The first-order chi connectivity index (χ1) is 8.75. The summed E-state index contributed by atoms with van der Waals surface area (Å²) >= 11 is 0. The molecule has 0 atom stereocenters. The summed E-state index contributed by atoms with van der Waals surface area (Å²) in [5.41, 5.74) is 3.37. The largest absolute Gasteiger partial charge is 0.488 e. The molecule has 0 unspecified atom stereocenters. The quantitative estimate of drug-likeness (QED) is 0.646. The Morgan fingerprint density at radius 1 is 0.944 bits per heavy atom. The van der Waals surface area contributed by atoms with Crippen molar-refractivity contribution in [2.45, 2.75) is 0 Å². The van der Waals surface area contributed by atoms with Gasteiger partial charge in [0.1, 0.15) is 6.33 Å². The average Bonchev–Trinajstić information content (AvgIpc) is 2.82. The van der Waals surface area contributed by atoms with Gasteiger partial charge in [0, 0.05) is 5.69 Å². The summed E-state index contributed by atoms with van der Waals surface area (Å²) in [6.07, 6.45) is 1.76. The second-order valence-electron chi connectivity index (χ2n) is 4.07. The number of para-hydroxylation sites is 2. The fourth-order valence-corrected chi connectivity index (χ4v) is 1.97. The van der Waals surface area contributed by atoms with Crippen LogP contribution in [0.15, 0.2) is 54.9 Å². The van der Waals surface area contributed by atoms with E-state index in [4.69, 9.17) is 10.0 Å². The van der Waals surface area contributed by atoms with Crippen molar-refractivity contribution in [3.8, 4) is 5.69 Å². The van der Waals surface area contributed by atoms with Crippen LogP contribution in [-0.2, 0) is 0 Å². The Bertz CT molecular complexity index is 677. The molecule has 0 saturated carbocycles. The second-order valence-corrected chi connectivity index (χ2v) is 4.07.